The van der Waals surface area contributed by atoms with Crippen LogP contribution in [0.2, 0.25) is 0 Å². The minimum Gasteiger partial charge on any atom is -0.379 e. The van der Waals surface area contributed by atoms with E-state index in [4.69, 9.17) is 0 Å². The van der Waals surface area contributed by atoms with Crippen molar-refractivity contribution >= 4 is 11.6 Å². The van der Waals surface area contributed by atoms with Crippen molar-refractivity contribution in [1.82, 2.24) is 9.88 Å². The fraction of sp³-hybridized carbons (Fsp3) is 0.312. The van der Waals surface area contributed by atoms with Gasteiger partial charge in [0, 0.05) is 36.2 Å². The van der Waals surface area contributed by atoms with Crippen molar-refractivity contribution in [3.05, 3.63) is 53.9 Å². The molecule has 0 aliphatic heterocycles. The highest BCUT2D eigenvalue weighted by Crippen LogP contribution is 2.11. The Morgan fingerprint density at radius 1 is 1.20 bits per heavy atom. The van der Waals surface area contributed by atoms with Gasteiger partial charge in [0.1, 0.15) is 0 Å². The molecule has 0 saturated heterocycles. The number of nitrogens with one attached hydrogen (secondary N) is 2. The van der Waals surface area contributed by atoms with Crippen molar-refractivity contribution in [3.63, 3.8) is 0 Å². The highest BCUT2D eigenvalue weighted by Gasteiger charge is 2.06. The Balaban J connectivity index is 1.95. The van der Waals surface area contributed by atoms with E-state index in [0.717, 1.165) is 12.2 Å². The maximum Gasteiger partial charge on any atom is 0.251 e. The first-order chi connectivity index (χ1) is 9.56. The van der Waals surface area contributed by atoms with Gasteiger partial charge in [0.15, 0.2) is 0 Å². The zero-order valence-electron chi connectivity index (χ0n) is 12.2. The molecule has 2 N–H and O–H groups in total. The third-order valence-electron chi connectivity index (χ3n) is 3.09. The number of aryl methyl sites for hydroxylation is 1. The van der Waals surface area contributed by atoms with Crippen LogP contribution in [-0.4, -0.2) is 16.5 Å². The summed E-state index contributed by atoms with van der Waals surface area (Å²) in [5, 5.41) is 6.22. The molecule has 4 heteroatoms. The van der Waals surface area contributed by atoms with Crippen molar-refractivity contribution in [1.29, 1.82) is 0 Å². The lowest BCUT2D eigenvalue weighted by molar-refractivity contribution is 0.0943. The lowest BCUT2D eigenvalue weighted by Crippen LogP contribution is -2.29. The van der Waals surface area contributed by atoms with Crippen LogP contribution in [0.25, 0.3) is 0 Å². The fourth-order valence-corrected chi connectivity index (χ4v) is 1.96. The van der Waals surface area contributed by atoms with Crippen molar-refractivity contribution < 1.29 is 4.79 Å². The number of aromatic nitrogens is 1. The van der Waals surface area contributed by atoms with Crippen LogP contribution in [0.5, 0.6) is 0 Å². The van der Waals surface area contributed by atoms with Gasteiger partial charge >= 0.3 is 0 Å². The minimum atomic E-state index is -0.0333. The maximum absolute atomic E-state index is 11.8. The van der Waals surface area contributed by atoms with Crippen LogP contribution >= 0.6 is 0 Å². The van der Waals surface area contributed by atoms with E-state index in [1.807, 2.05) is 57.4 Å². The number of carbonyl (C=O) groups excluding carboxylic acids is 1. The van der Waals surface area contributed by atoms with Gasteiger partial charge < -0.3 is 15.2 Å². The van der Waals surface area contributed by atoms with Crippen LogP contribution in [0.15, 0.2) is 42.6 Å². The molecule has 20 heavy (non-hydrogen) atoms. The number of anilines is 1. The van der Waals surface area contributed by atoms with Crippen LogP contribution in [0.4, 0.5) is 5.69 Å². The topological polar surface area (TPSA) is 46.1 Å². The van der Waals surface area contributed by atoms with Gasteiger partial charge in [0.05, 0.1) is 6.54 Å². The van der Waals surface area contributed by atoms with Crippen LogP contribution in [0, 0.1) is 0 Å². The summed E-state index contributed by atoms with van der Waals surface area (Å²) in [6.45, 7) is 4.67. The van der Waals surface area contributed by atoms with Crippen molar-refractivity contribution in [2.45, 2.75) is 26.4 Å². The van der Waals surface area contributed by atoms with Crippen LogP contribution in [0.1, 0.15) is 29.9 Å². The summed E-state index contributed by atoms with van der Waals surface area (Å²) in [5.41, 5.74) is 2.90. The summed E-state index contributed by atoms with van der Waals surface area (Å²) < 4.78 is 2.08. The van der Waals surface area contributed by atoms with Gasteiger partial charge in [-0.05, 0) is 50.2 Å². The van der Waals surface area contributed by atoms with Crippen LogP contribution in [0.3, 0.4) is 0 Å². The molecule has 0 bridgehead atoms. The Kier molecular flexibility index (Phi) is 4.45. The molecular formula is C16H21N3O. The molecule has 1 aromatic heterocycles. The summed E-state index contributed by atoms with van der Waals surface area (Å²) in [6.07, 6.45) is 2.02. The summed E-state index contributed by atoms with van der Waals surface area (Å²) >= 11 is 0. The molecule has 0 radical (unpaired) electrons. The van der Waals surface area contributed by atoms with E-state index < -0.39 is 0 Å². The number of rotatable bonds is 5. The largest absolute Gasteiger partial charge is 0.379 e. The normalized spacial score (nSPS) is 10.6. The number of nitrogens with zero attached hydrogens (tertiary/aromatic N) is 1. The Labute approximate surface area is 119 Å². The second kappa shape index (κ2) is 6.28. The van der Waals surface area contributed by atoms with Crippen molar-refractivity contribution in [3.8, 4) is 0 Å². The molecule has 0 aliphatic rings. The average molecular weight is 271 g/mol. The van der Waals surface area contributed by atoms with Gasteiger partial charge in [-0.15, -0.1) is 0 Å². The van der Waals surface area contributed by atoms with Gasteiger partial charge in [-0.3, -0.25) is 4.79 Å². The van der Waals surface area contributed by atoms with Gasteiger partial charge in [-0.1, -0.05) is 0 Å². The molecule has 0 unspecified atom stereocenters. The Hall–Kier alpha value is -2.23. The van der Waals surface area contributed by atoms with E-state index in [2.05, 4.69) is 21.3 Å². The van der Waals surface area contributed by atoms with E-state index in [0.29, 0.717) is 5.56 Å². The molecule has 106 valence electrons. The summed E-state index contributed by atoms with van der Waals surface area (Å²) in [4.78, 5) is 11.8. The van der Waals surface area contributed by atoms with Crippen LogP contribution < -0.4 is 10.6 Å². The SMILES string of the molecule is CC(C)NC(=O)c1ccc(NCc2cccn2C)cc1. The monoisotopic (exact) mass is 271 g/mol. The number of benzene rings is 1. The fourth-order valence-electron chi connectivity index (χ4n) is 1.96. The zero-order valence-corrected chi connectivity index (χ0v) is 12.2. The molecule has 4 nitrogen and oxygen atoms in total. The Morgan fingerprint density at radius 2 is 1.90 bits per heavy atom. The van der Waals surface area contributed by atoms with Gasteiger partial charge in [0.2, 0.25) is 0 Å². The molecule has 2 aromatic rings. The second-order valence-electron chi connectivity index (χ2n) is 5.17. The zero-order chi connectivity index (χ0) is 14.5. The predicted molar refractivity (Wildman–Crippen MR) is 81.8 cm³/mol. The van der Waals surface area contributed by atoms with E-state index in [1.54, 1.807) is 0 Å². The summed E-state index contributed by atoms with van der Waals surface area (Å²) in [5.74, 6) is -0.0333. The Bertz CT molecular complexity index is 570. The smallest absolute Gasteiger partial charge is 0.251 e. The Morgan fingerprint density at radius 3 is 2.45 bits per heavy atom. The molecular weight excluding hydrogens is 250 g/mol. The summed E-state index contributed by atoms with van der Waals surface area (Å²) in [6, 6.07) is 11.8. The molecule has 1 amide bonds. The van der Waals surface area contributed by atoms with E-state index >= 15 is 0 Å². The van der Waals surface area contributed by atoms with E-state index in [9.17, 15) is 4.79 Å². The maximum atomic E-state index is 11.8. The first kappa shape index (κ1) is 14.2. The first-order valence-electron chi connectivity index (χ1n) is 6.81. The van der Waals surface area contributed by atoms with Crippen LogP contribution in [-0.2, 0) is 13.6 Å². The van der Waals surface area contributed by atoms with Gasteiger partial charge in [-0.25, -0.2) is 0 Å². The van der Waals surface area contributed by atoms with Crippen molar-refractivity contribution in [2.75, 3.05) is 5.32 Å². The lowest BCUT2D eigenvalue weighted by Gasteiger charge is -2.10. The van der Waals surface area contributed by atoms with E-state index in [-0.39, 0.29) is 11.9 Å². The van der Waals surface area contributed by atoms with Gasteiger partial charge in [-0.2, -0.15) is 0 Å². The molecule has 0 atom stereocenters. The third kappa shape index (κ3) is 3.63. The van der Waals surface area contributed by atoms with E-state index in [1.165, 1.54) is 5.69 Å². The molecule has 0 spiro atoms. The first-order valence-corrected chi connectivity index (χ1v) is 6.81. The van der Waals surface area contributed by atoms with Gasteiger partial charge in [0.25, 0.3) is 5.91 Å². The number of carbonyl (C=O) groups is 1. The molecule has 0 saturated carbocycles. The average Bonchev–Trinajstić information content (AvgIpc) is 2.82. The predicted octanol–water partition coefficient (Wildman–Crippen LogP) is 2.78. The molecule has 1 heterocycles. The molecule has 0 fully saturated rings. The van der Waals surface area contributed by atoms with Crippen molar-refractivity contribution in [2.24, 2.45) is 7.05 Å². The molecule has 0 aliphatic carbocycles. The highest BCUT2D eigenvalue weighted by molar-refractivity contribution is 5.94. The number of amides is 1. The third-order valence-corrected chi connectivity index (χ3v) is 3.09. The summed E-state index contributed by atoms with van der Waals surface area (Å²) in [7, 11) is 2.02. The number of hydrogen-bond acceptors (Lipinski definition) is 2. The number of hydrogen-bond donors (Lipinski definition) is 2. The molecule has 2 rings (SSSR count). The quantitative estimate of drug-likeness (QED) is 0.878. The standard InChI is InChI=1S/C16H21N3O/c1-12(2)18-16(20)13-6-8-14(9-7-13)17-11-15-5-4-10-19(15)3/h4-10,12,17H,11H2,1-3H3,(H,18,20). The lowest BCUT2D eigenvalue weighted by atomic mass is 10.2. The second-order valence-corrected chi connectivity index (χ2v) is 5.17. The highest BCUT2D eigenvalue weighted by atomic mass is 16.1. The molecule has 1 aromatic carbocycles. The minimum absolute atomic E-state index is 0.0333.